The van der Waals surface area contributed by atoms with Gasteiger partial charge in [-0.05, 0) is 24.3 Å². The fourth-order valence-electron chi connectivity index (χ4n) is 3.97. The molecule has 2 saturated heterocycles. The van der Waals surface area contributed by atoms with Gasteiger partial charge in [0.2, 0.25) is 0 Å². The Morgan fingerprint density at radius 1 is 1.14 bits per heavy atom. The van der Waals surface area contributed by atoms with Gasteiger partial charge in [-0.2, -0.15) is 0 Å². The number of piperazine rings is 1. The van der Waals surface area contributed by atoms with E-state index in [2.05, 4.69) is 10.3 Å². The van der Waals surface area contributed by atoms with Crippen LogP contribution in [0.4, 0.5) is 4.79 Å². The number of nitrogens with one attached hydrogen (secondary N) is 1. The van der Waals surface area contributed by atoms with Crippen LogP contribution in [0, 0.1) is 0 Å². The van der Waals surface area contributed by atoms with Crippen molar-refractivity contribution in [3.05, 3.63) is 60.4 Å². The zero-order chi connectivity index (χ0) is 19.1. The monoisotopic (exact) mass is 373 g/mol. The Hall–Kier alpha value is -3.48. The summed E-state index contributed by atoms with van der Waals surface area (Å²) in [5.74, 6) is -0.0252. The molecule has 1 aromatic carbocycles. The Kier molecular flexibility index (Phi) is 3.93. The summed E-state index contributed by atoms with van der Waals surface area (Å²) in [5, 5.41) is 3.69. The maximum Gasteiger partial charge on any atom is 0.317 e. The molecule has 2 aromatic heterocycles. The van der Waals surface area contributed by atoms with Crippen LogP contribution in [0.25, 0.3) is 22.2 Å². The minimum Gasteiger partial charge on any atom is -0.336 e. The average Bonchev–Trinajstić information content (AvgIpc) is 3.13. The summed E-state index contributed by atoms with van der Waals surface area (Å²) in [4.78, 5) is 37.8. The van der Waals surface area contributed by atoms with Crippen LogP contribution in [0.5, 0.6) is 0 Å². The highest BCUT2D eigenvalue weighted by molar-refractivity contribution is 6.07. The van der Waals surface area contributed by atoms with Crippen molar-refractivity contribution >= 4 is 22.8 Å². The SMILES string of the molecule is O=C(c1cc(-c2cccnc2)nc2ccccc12)N1CCN2C(=O)NC[C@H]2C1. The Labute approximate surface area is 162 Å². The van der Waals surface area contributed by atoms with Crippen LogP contribution in [0.2, 0.25) is 0 Å². The van der Waals surface area contributed by atoms with Gasteiger partial charge >= 0.3 is 6.03 Å². The van der Waals surface area contributed by atoms with Crippen molar-refractivity contribution < 1.29 is 9.59 Å². The fraction of sp³-hybridized carbons (Fsp3) is 0.238. The highest BCUT2D eigenvalue weighted by Crippen LogP contribution is 2.26. The molecule has 7 heteroatoms. The largest absolute Gasteiger partial charge is 0.336 e. The number of para-hydroxylation sites is 1. The molecule has 3 amide bonds. The predicted octanol–water partition coefficient (Wildman–Crippen LogP) is 2.15. The van der Waals surface area contributed by atoms with Crippen LogP contribution < -0.4 is 5.32 Å². The lowest BCUT2D eigenvalue weighted by Crippen LogP contribution is -2.53. The van der Waals surface area contributed by atoms with E-state index in [0.717, 1.165) is 22.2 Å². The van der Waals surface area contributed by atoms with Crippen LogP contribution in [0.3, 0.4) is 0 Å². The van der Waals surface area contributed by atoms with Crippen LogP contribution in [0.15, 0.2) is 54.9 Å². The van der Waals surface area contributed by atoms with Crippen molar-refractivity contribution in [1.82, 2.24) is 25.1 Å². The number of amides is 3. The lowest BCUT2D eigenvalue weighted by molar-refractivity contribution is 0.0619. The molecule has 0 bridgehead atoms. The summed E-state index contributed by atoms with van der Waals surface area (Å²) in [5.41, 5.74) is 3.02. The molecular weight excluding hydrogens is 354 g/mol. The van der Waals surface area contributed by atoms with Crippen molar-refractivity contribution in [2.75, 3.05) is 26.2 Å². The normalized spacial score (nSPS) is 18.9. The Balaban J connectivity index is 1.54. The number of aromatic nitrogens is 2. The summed E-state index contributed by atoms with van der Waals surface area (Å²) in [6, 6.07) is 13.3. The van der Waals surface area contributed by atoms with Gasteiger partial charge in [-0.25, -0.2) is 9.78 Å². The Bertz CT molecular complexity index is 1070. The van der Waals surface area contributed by atoms with Crippen molar-refractivity contribution in [1.29, 1.82) is 0 Å². The third-order valence-electron chi connectivity index (χ3n) is 5.42. The maximum absolute atomic E-state index is 13.4. The molecule has 1 atom stereocenters. The summed E-state index contributed by atoms with van der Waals surface area (Å²) >= 11 is 0. The molecule has 2 aliphatic heterocycles. The molecule has 0 radical (unpaired) electrons. The van der Waals surface area contributed by atoms with Gasteiger partial charge in [-0.1, -0.05) is 18.2 Å². The number of carbonyl (C=O) groups excluding carboxylic acids is 2. The van der Waals surface area contributed by atoms with E-state index < -0.39 is 0 Å². The zero-order valence-corrected chi connectivity index (χ0v) is 15.2. The van der Waals surface area contributed by atoms with Gasteiger partial charge in [0.1, 0.15) is 0 Å². The number of urea groups is 1. The first-order chi connectivity index (χ1) is 13.7. The lowest BCUT2D eigenvalue weighted by atomic mass is 10.0. The van der Waals surface area contributed by atoms with E-state index in [-0.39, 0.29) is 18.0 Å². The van der Waals surface area contributed by atoms with Gasteiger partial charge in [0.25, 0.3) is 5.91 Å². The summed E-state index contributed by atoms with van der Waals surface area (Å²) in [7, 11) is 0. The number of nitrogens with zero attached hydrogens (tertiary/aromatic N) is 4. The van der Waals surface area contributed by atoms with E-state index in [0.29, 0.717) is 31.7 Å². The first kappa shape index (κ1) is 16.7. The van der Waals surface area contributed by atoms with Gasteiger partial charge in [-0.15, -0.1) is 0 Å². The number of hydrogen-bond acceptors (Lipinski definition) is 4. The minimum atomic E-state index is -0.0367. The molecule has 0 unspecified atom stereocenters. The smallest absolute Gasteiger partial charge is 0.317 e. The van der Waals surface area contributed by atoms with E-state index in [1.807, 2.05) is 52.3 Å². The van der Waals surface area contributed by atoms with Gasteiger partial charge < -0.3 is 15.1 Å². The first-order valence-corrected chi connectivity index (χ1v) is 9.34. The van der Waals surface area contributed by atoms with Crippen molar-refractivity contribution in [3.8, 4) is 11.3 Å². The molecule has 1 N–H and O–H groups in total. The minimum absolute atomic E-state index is 0.0252. The average molecular weight is 373 g/mol. The zero-order valence-electron chi connectivity index (χ0n) is 15.2. The van der Waals surface area contributed by atoms with Crippen LogP contribution >= 0.6 is 0 Å². The second kappa shape index (κ2) is 6.60. The van der Waals surface area contributed by atoms with Gasteiger partial charge in [-0.3, -0.25) is 9.78 Å². The van der Waals surface area contributed by atoms with Crippen LogP contribution in [-0.4, -0.2) is 63.9 Å². The molecule has 0 spiro atoms. The fourth-order valence-corrected chi connectivity index (χ4v) is 3.97. The number of fused-ring (bicyclic) bond motifs is 2. The summed E-state index contributed by atoms with van der Waals surface area (Å²) in [6.07, 6.45) is 3.47. The van der Waals surface area contributed by atoms with Crippen LogP contribution in [0.1, 0.15) is 10.4 Å². The molecule has 2 aliphatic rings. The first-order valence-electron chi connectivity index (χ1n) is 9.34. The number of hydrogen-bond donors (Lipinski definition) is 1. The van der Waals surface area contributed by atoms with Gasteiger partial charge in [0.05, 0.1) is 22.8 Å². The van der Waals surface area contributed by atoms with E-state index in [1.54, 1.807) is 12.4 Å². The second-order valence-electron chi connectivity index (χ2n) is 7.10. The number of pyridine rings is 2. The summed E-state index contributed by atoms with van der Waals surface area (Å²) < 4.78 is 0. The van der Waals surface area contributed by atoms with Gasteiger partial charge in [0.15, 0.2) is 0 Å². The van der Waals surface area contributed by atoms with Crippen molar-refractivity contribution in [2.45, 2.75) is 6.04 Å². The lowest BCUT2D eigenvalue weighted by Gasteiger charge is -2.36. The molecule has 5 rings (SSSR count). The maximum atomic E-state index is 13.4. The highest BCUT2D eigenvalue weighted by Gasteiger charge is 2.37. The molecule has 0 aliphatic carbocycles. The molecule has 2 fully saturated rings. The second-order valence-corrected chi connectivity index (χ2v) is 7.10. The molecule has 0 saturated carbocycles. The van der Waals surface area contributed by atoms with E-state index in [4.69, 9.17) is 4.98 Å². The van der Waals surface area contributed by atoms with Crippen molar-refractivity contribution in [3.63, 3.8) is 0 Å². The Morgan fingerprint density at radius 3 is 2.89 bits per heavy atom. The highest BCUT2D eigenvalue weighted by atomic mass is 16.2. The standard InChI is InChI=1S/C21H19N5O2/c27-20(25-8-9-26-15(13-25)12-23-21(26)28)17-10-19(14-4-3-7-22-11-14)24-18-6-2-1-5-16(17)18/h1-7,10-11,15H,8-9,12-13H2,(H,23,28)/t15-/m0/s1. The molecule has 140 valence electrons. The van der Waals surface area contributed by atoms with E-state index in [1.165, 1.54) is 0 Å². The third kappa shape index (κ3) is 2.76. The number of benzene rings is 1. The number of carbonyl (C=O) groups is 2. The van der Waals surface area contributed by atoms with Crippen LogP contribution in [-0.2, 0) is 0 Å². The third-order valence-corrected chi connectivity index (χ3v) is 5.42. The molecule has 28 heavy (non-hydrogen) atoms. The predicted molar refractivity (Wildman–Crippen MR) is 105 cm³/mol. The van der Waals surface area contributed by atoms with E-state index >= 15 is 0 Å². The quantitative estimate of drug-likeness (QED) is 0.747. The molecule has 3 aromatic rings. The molecule has 4 heterocycles. The molecular formula is C21H19N5O2. The summed E-state index contributed by atoms with van der Waals surface area (Å²) in [6.45, 7) is 2.21. The Morgan fingerprint density at radius 2 is 2.04 bits per heavy atom. The topological polar surface area (TPSA) is 78.4 Å². The van der Waals surface area contributed by atoms with E-state index in [9.17, 15) is 9.59 Å². The molecule has 7 nitrogen and oxygen atoms in total. The van der Waals surface area contributed by atoms with Gasteiger partial charge in [0, 0.05) is 49.5 Å². The van der Waals surface area contributed by atoms with Crippen molar-refractivity contribution in [2.24, 2.45) is 0 Å². The number of rotatable bonds is 2.